The van der Waals surface area contributed by atoms with Gasteiger partial charge >= 0.3 is 0 Å². The van der Waals surface area contributed by atoms with E-state index >= 15 is 0 Å². The second-order valence-corrected chi connectivity index (χ2v) is 4.53. The number of rotatable bonds is 4. The van der Waals surface area contributed by atoms with E-state index in [-0.39, 0.29) is 12.1 Å². The largest absolute Gasteiger partial charge is 0.386 e. The van der Waals surface area contributed by atoms with Gasteiger partial charge in [0.1, 0.15) is 11.9 Å². The molecule has 0 spiro atoms. The van der Waals surface area contributed by atoms with Crippen LogP contribution in [0.1, 0.15) is 22.8 Å². The Morgan fingerprint density at radius 2 is 2.00 bits per heavy atom. The summed E-state index contributed by atoms with van der Waals surface area (Å²) in [7, 11) is 0. The van der Waals surface area contributed by atoms with Crippen LogP contribution in [0.4, 0.5) is 10.1 Å². The predicted molar refractivity (Wildman–Crippen MR) is 75.7 cm³/mol. The summed E-state index contributed by atoms with van der Waals surface area (Å²) in [5.74, 6) is -0.438. The summed E-state index contributed by atoms with van der Waals surface area (Å²) in [5, 5.41) is 22.1. The van der Waals surface area contributed by atoms with E-state index in [1.54, 1.807) is 24.3 Å². The fourth-order valence-corrected chi connectivity index (χ4v) is 2.03. The fraction of sp³-hybridized carbons (Fsp3) is 0.188. The molecule has 0 aliphatic carbocycles. The molecule has 0 radical (unpaired) electrons. The molecule has 1 unspecified atom stereocenters. The minimum Gasteiger partial charge on any atom is -0.386 e. The maximum atomic E-state index is 13.5. The van der Waals surface area contributed by atoms with Crippen molar-refractivity contribution in [3.63, 3.8) is 0 Å². The molecule has 2 aromatic rings. The third kappa shape index (κ3) is 2.95. The molecule has 0 aromatic heterocycles. The highest BCUT2D eigenvalue weighted by Gasteiger charge is 2.13. The maximum absolute atomic E-state index is 13.5. The lowest BCUT2D eigenvalue weighted by Gasteiger charge is -2.15. The van der Waals surface area contributed by atoms with Crippen molar-refractivity contribution in [2.45, 2.75) is 13.0 Å². The van der Waals surface area contributed by atoms with Gasteiger partial charge in [0.15, 0.2) is 0 Å². The third-order valence-electron chi connectivity index (χ3n) is 3.13. The lowest BCUT2D eigenvalue weighted by Crippen LogP contribution is -2.14. The van der Waals surface area contributed by atoms with Crippen LogP contribution in [0.15, 0.2) is 42.5 Å². The van der Waals surface area contributed by atoms with Gasteiger partial charge in [-0.25, -0.2) is 4.39 Å². The smallest absolute Gasteiger partial charge is 0.129 e. The van der Waals surface area contributed by atoms with Gasteiger partial charge in [-0.2, -0.15) is 5.26 Å². The van der Waals surface area contributed by atoms with E-state index in [1.807, 2.05) is 19.1 Å². The first-order valence-electron chi connectivity index (χ1n) is 6.29. The van der Waals surface area contributed by atoms with Crippen molar-refractivity contribution in [2.24, 2.45) is 0 Å². The second-order valence-electron chi connectivity index (χ2n) is 4.53. The van der Waals surface area contributed by atoms with Crippen molar-refractivity contribution in [1.29, 1.82) is 5.26 Å². The van der Waals surface area contributed by atoms with E-state index in [0.29, 0.717) is 11.3 Å². The Kier molecular flexibility index (Phi) is 4.34. The Morgan fingerprint density at radius 1 is 1.25 bits per heavy atom. The molecule has 102 valence electrons. The van der Waals surface area contributed by atoms with Crippen molar-refractivity contribution < 1.29 is 9.50 Å². The van der Waals surface area contributed by atoms with Gasteiger partial charge in [-0.3, -0.25) is 0 Å². The summed E-state index contributed by atoms with van der Waals surface area (Å²) in [6.45, 7) is 1.98. The number of aliphatic hydroxyl groups is 1. The number of hydrogen-bond acceptors (Lipinski definition) is 3. The number of nitrogens with zero attached hydrogens (tertiary/aromatic N) is 1. The molecule has 0 aliphatic rings. The Hall–Kier alpha value is -2.38. The molecule has 0 amide bonds. The van der Waals surface area contributed by atoms with Crippen LogP contribution in [0.2, 0.25) is 0 Å². The molecule has 0 heterocycles. The van der Waals surface area contributed by atoms with Gasteiger partial charge in [0.2, 0.25) is 0 Å². The molecule has 4 heteroatoms. The first kappa shape index (κ1) is 14.0. The first-order valence-corrected chi connectivity index (χ1v) is 6.29. The topological polar surface area (TPSA) is 56.0 Å². The number of halogens is 1. The molecule has 0 fully saturated rings. The number of nitriles is 1. The zero-order valence-electron chi connectivity index (χ0n) is 11.1. The van der Waals surface area contributed by atoms with Crippen molar-refractivity contribution >= 4 is 5.69 Å². The zero-order chi connectivity index (χ0) is 14.5. The molecule has 20 heavy (non-hydrogen) atoms. The average molecular weight is 270 g/mol. The van der Waals surface area contributed by atoms with Crippen molar-refractivity contribution in [1.82, 2.24) is 0 Å². The molecule has 3 nitrogen and oxygen atoms in total. The van der Waals surface area contributed by atoms with E-state index < -0.39 is 11.9 Å². The number of anilines is 1. The number of aryl methyl sites for hydroxylation is 1. The van der Waals surface area contributed by atoms with Crippen LogP contribution in [-0.4, -0.2) is 11.7 Å². The van der Waals surface area contributed by atoms with Crippen LogP contribution in [0, 0.1) is 24.1 Å². The number of hydrogen-bond donors (Lipinski definition) is 2. The minimum atomic E-state index is -0.969. The fourth-order valence-electron chi connectivity index (χ4n) is 2.03. The zero-order valence-corrected chi connectivity index (χ0v) is 11.1. The molecular weight excluding hydrogens is 255 g/mol. The second kappa shape index (κ2) is 6.18. The summed E-state index contributed by atoms with van der Waals surface area (Å²) < 4.78 is 13.5. The molecule has 2 aromatic carbocycles. The van der Waals surface area contributed by atoms with Gasteiger partial charge < -0.3 is 10.4 Å². The van der Waals surface area contributed by atoms with Gasteiger partial charge in [-0.1, -0.05) is 30.3 Å². The Morgan fingerprint density at radius 3 is 2.70 bits per heavy atom. The van der Waals surface area contributed by atoms with Gasteiger partial charge in [-0.05, 0) is 24.6 Å². The highest BCUT2D eigenvalue weighted by molar-refractivity contribution is 5.60. The van der Waals surface area contributed by atoms with Gasteiger partial charge in [0.25, 0.3) is 0 Å². The summed E-state index contributed by atoms with van der Waals surface area (Å²) >= 11 is 0. The van der Waals surface area contributed by atoms with Crippen LogP contribution in [-0.2, 0) is 0 Å². The van der Waals surface area contributed by atoms with E-state index in [4.69, 9.17) is 5.26 Å². The van der Waals surface area contributed by atoms with Crippen molar-refractivity contribution in [3.05, 3.63) is 65.0 Å². The number of benzene rings is 2. The van der Waals surface area contributed by atoms with E-state index in [2.05, 4.69) is 11.4 Å². The van der Waals surface area contributed by atoms with E-state index in [1.165, 1.54) is 6.07 Å². The van der Waals surface area contributed by atoms with E-state index in [9.17, 15) is 9.50 Å². The van der Waals surface area contributed by atoms with Crippen LogP contribution >= 0.6 is 0 Å². The molecule has 2 N–H and O–H groups in total. The number of nitrogens with one attached hydrogen (secondary N) is 1. The molecule has 0 aliphatic heterocycles. The van der Waals surface area contributed by atoms with Crippen molar-refractivity contribution in [2.75, 3.05) is 11.9 Å². The third-order valence-corrected chi connectivity index (χ3v) is 3.13. The first-order chi connectivity index (χ1) is 9.63. The molecule has 0 saturated heterocycles. The monoisotopic (exact) mass is 270 g/mol. The van der Waals surface area contributed by atoms with Crippen LogP contribution < -0.4 is 5.32 Å². The molecule has 0 saturated carbocycles. The van der Waals surface area contributed by atoms with Gasteiger partial charge in [0, 0.05) is 12.1 Å². The maximum Gasteiger partial charge on any atom is 0.129 e. The molecule has 1 atom stereocenters. The van der Waals surface area contributed by atoms with Gasteiger partial charge in [0.05, 0.1) is 17.4 Å². The molecule has 2 rings (SSSR count). The normalized spacial score (nSPS) is 11.7. The summed E-state index contributed by atoms with van der Waals surface area (Å²) in [4.78, 5) is 0. The Labute approximate surface area is 117 Å². The summed E-state index contributed by atoms with van der Waals surface area (Å²) in [5.41, 5.74) is 2.28. The lowest BCUT2D eigenvalue weighted by molar-refractivity contribution is 0.186. The summed E-state index contributed by atoms with van der Waals surface area (Å²) in [6.07, 6.45) is -0.969. The van der Waals surface area contributed by atoms with Gasteiger partial charge in [-0.15, -0.1) is 0 Å². The molecule has 0 bridgehead atoms. The summed E-state index contributed by atoms with van der Waals surface area (Å²) in [6, 6.07) is 13.7. The molecular formula is C16H15FN2O. The highest BCUT2D eigenvalue weighted by Crippen LogP contribution is 2.21. The lowest BCUT2D eigenvalue weighted by atomic mass is 10.1. The van der Waals surface area contributed by atoms with Crippen LogP contribution in [0.3, 0.4) is 0 Å². The quantitative estimate of drug-likeness (QED) is 0.897. The van der Waals surface area contributed by atoms with Crippen LogP contribution in [0.25, 0.3) is 0 Å². The van der Waals surface area contributed by atoms with E-state index in [0.717, 1.165) is 5.56 Å². The Balaban J connectivity index is 2.12. The number of aliphatic hydroxyl groups excluding tert-OH is 1. The predicted octanol–water partition coefficient (Wildman–Crippen LogP) is 3.15. The SMILES string of the molecule is Cc1cccc(NCC(O)c2ccccc2F)c1C#N. The highest BCUT2D eigenvalue weighted by atomic mass is 19.1. The van der Waals surface area contributed by atoms with Crippen LogP contribution in [0.5, 0.6) is 0 Å². The minimum absolute atomic E-state index is 0.138. The standard InChI is InChI=1S/C16H15FN2O/c1-11-5-4-8-15(13(11)9-18)19-10-16(20)12-6-2-3-7-14(12)17/h2-8,16,19-20H,10H2,1H3. The Bertz CT molecular complexity index is 649. The average Bonchev–Trinajstić information content (AvgIpc) is 2.45. The van der Waals surface area contributed by atoms with Crippen molar-refractivity contribution in [3.8, 4) is 6.07 Å².